The van der Waals surface area contributed by atoms with Crippen molar-refractivity contribution in [3.8, 4) is 5.75 Å². The Morgan fingerprint density at radius 2 is 2.10 bits per heavy atom. The summed E-state index contributed by atoms with van der Waals surface area (Å²) in [7, 11) is 1.66. The maximum atomic E-state index is 12.6. The molecule has 0 saturated carbocycles. The average Bonchev–Trinajstić information content (AvgIpc) is 2.93. The van der Waals surface area contributed by atoms with Crippen LogP contribution in [0.25, 0.3) is 0 Å². The maximum Gasteiger partial charge on any atom is 0.223 e. The molecule has 1 saturated heterocycles. The van der Waals surface area contributed by atoms with Crippen LogP contribution in [0.5, 0.6) is 5.75 Å². The Morgan fingerprint density at radius 1 is 1.34 bits per heavy atom. The molecule has 4 heterocycles. The van der Waals surface area contributed by atoms with Gasteiger partial charge in [0, 0.05) is 54.9 Å². The van der Waals surface area contributed by atoms with Crippen LogP contribution in [0.15, 0.2) is 6.20 Å². The van der Waals surface area contributed by atoms with Crippen LogP contribution >= 0.6 is 11.6 Å². The van der Waals surface area contributed by atoms with Crippen LogP contribution in [0.2, 0.25) is 5.15 Å². The van der Waals surface area contributed by atoms with Gasteiger partial charge >= 0.3 is 0 Å². The molecule has 29 heavy (non-hydrogen) atoms. The van der Waals surface area contributed by atoms with Crippen LogP contribution < -0.4 is 15.4 Å². The highest BCUT2D eigenvalue weighted by Gasteiger charge is 2.36. The monoisotopic (exact) mass is 416 g/mol. The van der Waals surface area contributed by atoms with Crippen molar-refractivity contribution in [3.05, 3.63) is 33.7 Å². The molecule has 1 unspecified atom stereocenters. The number of halogens is 1. The first-order valence-corrected chi connectivity index (χ1v) is 10.1. The fraction of sp³-hybridized carbons (Fsp3) is 0.500. The molecule has 9 heteroatoms. The van der Waals surface area contributed by atoms with Crippen molar-refractivity contribution in [1.82, 2.24) is 19.9 Å². The minimum atomic E-state index is -0.0705. The predicted molar refractivity (Wildman–Crippen MR) is 111 cm³/mol. The van der Waals surface area contributed by atoms with Crippen LogP contribution in [0.3, 0.4) is 0 Å². The van der Waals surface area contributed by atoms with E-state index in [1.54, 1.807) is 7.11 Å². The van der Waals surface area contributed by atoms with Gasteiger partial charge in [-0.25, -0.2) is 4.98 Å². The molecule has 154 valence electrons. The molecule has 8 nitrogen and oxygen atoms in total. The SMILES string of the molecule is COc1c(C)cnc(CN2CC(CC(=O)N3CCC3)c3c(Cl)nc(N)nc32)c1C. The van der Waals surface area contributed by atoms with Crippen LogP contribution in [-0.4, -0.2) is 52.5 Å². The number of nitrogens with two attached hydrogens (primary N) is 1. The molecule has 1 amide bonds. The molecular formula is C20H25ClN6O2. The maximum absolute atomic E-state index is 12.6. The van der Waals surface area contributed by atoms with E-state index in [-0.39, 0.29) is 17.8 Å². The molecule has 1 fully saturated rings. The van der Waals surface area contributed by atoms with E-state index < -0.39 is 0 Å². The Morgan fingerprint density at radius 3 is 2.76 bits per heavy atom. The molecule has 2 aliphatic rings. The van der Waals surface area contributed by atoms with Gasteiger partial charge in [0.1, 0.15) is 16.7 Å². The van der Waals surface area contributed by atoms with Crippen molar-refractivity contribution in [3.63, 3.8) is 0 Å². The lowest BCUT2D eigenvalue weighted by atomic mass is 9.99. The van der Waals surface area contributed by atoms with Crippen LogP contribution in [0.4, 0.5) is 11.8 Å². The molecule has 0 spiro atoms. The molecule has 1 atom stereocenters. The second-order valence-electron chi connectivity index (χ2n) is 7.67. The summed E-state index contributed by atoms with van der Waals surface area (Å²) >= 11 is 6.43. The number of hydrogen-bond acceptors (Lipinski definition) is 7. The fourth-order valence-corrected chi connectivity index (χ4v) is 4.43. The Labute approximate surface area is 175 Å². The molecule has 2 aromatic heterocycles. The van der Waals surface area contributed by atoms with E-state index in [4.69, 9.17) is 22.1 Å². The summed E-state index contributed by atoms with van der Waals surface area (Å²) in [6.45, 7) is 6.78. The Hall–Kier alpha value is -2.61. The first kappa shape index (κ1) is 19.7. The molecule has 0 radical (unpaired) electrons. The molecular weight excluding hydrogens is 392 g/mol. The van der Waals surface area contributed by atoms with Gasteiger partial charge in [-0.2, -0.15) is 4.98 Å². The van der Waals surface area contributed by atoms with Gasteiger partial charge in [0.2, 0.25) is 11.9 Å². The smallest absolute Gasteiger partial charge is 0.223 e. The van der Waals surface area contributed by atoms with E-state index in [0.29, 0.717) is 30.5 Å². The summed E-state index contributed by atoms with van der Waals surface area (Å²) in [6, 6.07) is 0. The first-order chi connectivity index (χ1) is 13.9. The number of aromatic nitrogens is 3. The lowest BCUT2D eigenvalue weighted by Crippen LogP contribution is -2.42. The van der Waals surface area contributed by atoms with Gasteiger partial charge in [-0.05, 0) is 20.3 Å². The minimum absolute atomic E-state index is 0.0705. The summed E-state index contributed by atoms with van der Waals surface area (Å²) in [5, 5.41) is 0.322. The van der Waals surface area contributed by atoms with Gasteiger partial charge in [-0.15, -0.1) is 0 Å². The normalized spacial score (nSPS) is 17.9. The highest BCUT2D eigenvalue weighted by Crippen LogP contribution is 2.42. The van der Waals surface area contributed by atoms with E-state index in [2.05, 4.69) is 19.9 Å². The number of rotatable bonds is 5. The van der Waals surface area contributed by atoms with Gasteiger partial charge in [-0.1, -0.05) is 11.6 Å². The molecule has 2 N–H and O–H groups in total. The molecule has 0 bridgehead atoms. The summed E-state index contributed by atoms with van der Waals surface area (Å²) in [4.78, 5) is 29.7. The standard InChI is InChI=1S/C20H25ClN6O2/c1-11-8-23-14(12(2)17(11)29-3)10-27-9-13(7-15(28)26-5-4-6-26)16-18(21)24-20(22)25-19(16)27/h8,13H,4-7,9-10H2,1-3H3,(H2,22,24,25). The predicted octanol–water partition coefficient (Wildman–Crippen LogP) is 2.46. The molecule has 2 aromatic rings. The number of aryl methyl sites for hydroxylation is 1. The van der Waals surface area contributed by atoms with Gasteiger partial charge in [0.25, 0.3) is 0 Å². The lowest BCUT2D eigenvalue weighted by molar-refractivity contribution is -0.134. The van der Waals surface area contributed by atoms with Crippen LogP contribution in [0, 0.1) is 13.8 Å². The van der Waals surface area contributed by atoms with Crippen molar-refractivity contribution >= 4 is 29.3 Å². The third-order valence-corrected chi connectivity index (χ3v) is 6.05. The summed E-state index contributed by atoms with van der Waals surface area (Å²) in [5.41, 5.74) is 9.53. The van der Waals surface area contributed by atoms with Gasteiger partial charge in [0.15, 0.2) is 0 Å². The van der Waals surface area contributed by atoms with Crippen LogP contribution in [-0.2, 0) is 11.3 Å². The number of hydrogen-bond donors (Lipinski definition) is 1. The third kappa shape index (κ3) is 3.57. The van der Waals surface area contributed by atoms with Crippen molar-refractivity contribution in [2.75, 3.05) is 37.4 Å². The van der Waals surface area contributed by atoms with Crippen molar-refractivity contribution in [2.45, 2.75) is 39.2 Å². The van der Waals surface area contributed by atoms with E-state index in [0.717, 1.165) is 47.6 Å². The topological polar surface area (TPSA) is 97.5 Å². The lowest BCUT2D eigenvalue weighted by Gasteiger charge is -2.31. The number of methoxy groups -OCH3 is 1. The molecule has 0 aliphatic carbocycles. The zero-order valence-corrected chi connectivity index (χ0v) is 17.7. The molecule has 2 aliphatic heterocycles. The highest BCUT2D eigenvalue weighted by molar-refractivity contribution is 6.30. The highest BCUT2D eigenvalue weighted by atomic mass is 35.5. The number of anilines is 2. The Bertz CT molecular complexity index is 962. The second kappa shape index (κ2) is 7.67. The molecule has 0 aromatic carbocycles. The summed E-state index contributed by atoms with van der Waals surface area (Å²) < 4.78 is 5.53. The first-order valence-electron chi connectivity index (χ1n) is 9.73. The van der Waals surface area contributed by atoms with Crippen LogP contribution in [0.1, 0.15) is 41.1 Å². The zero-order chi connectivity index (χ0) is 20.7. The van der Waals surface area contributed by atoms with Crippen molar-refractivity contribution < 1.29 is 9.53 Å². The minimum Gasteiger partial charge on any atom is -0.496 e. The van der Waals surface area contributed by atoms with Crippen molar-refractivity contribution in [2.24, 2.45) is 0 Å². The van der Waals surface area contributed by atoms with E-state index in [1.807, 2.05) is 24.9 Å². The average molecular weight is 417 g/mol. The Balaban J connectivity index is 1.64. The van der Waals surface area contributed by atoms with E-state index in [1.165, 1.54) is 0 Å². The largest absolute Gasteiger partial charge is 0.496 e. The van der Waals surface area contributed by atoms with Gasteiger partial charge in [-0.3, -0.25) is 9.78 Å². The second-order valence-corrected chi connectivity index (χ2v) is 8.03. The number of nitrogen functional groups attached to an aromatic ring is 1. The Kier molecular flexibility index (Phi) is 5.21. The van der Waals surface area contributed by atoms with Gasteiger partial charge < -0.3 is 20.3 Å². The van der Waals surface area contributed by atoms with Crippen molar-refractivity contribution in [1.29, 1.82) is 0 Å². The van der Waals surface area contributed by atoms with E-state index in [9.17, 15) is 4.79 Å². The summed E-state index contributed by atoms with van der Waals surface area (Å²) in [5.74, 6) is 1.72. The number of pyridine rings is 1. The number of likely N-dealkylation sites (tertiary alicyclic amines) is 1. The van der Waals surface area contributed by atoms with Gasteiger partial charge in [0.05, 0.1) is 19.3 Å². The zero-order valence-electron chi connectivity index (χ0n) is 16.9. The molecule has 4 rings (SSSR count). The number of carbonyl (C=O) groups is 1. The number of carbonyl (C=O) groups excluding carboxylic acids is 1. The fourth-order valence-electron chi connectivity index (χ4n) is 4.11. The quantitative estimate of drug-likeness (QED) is 0.747. The number of amides is 1. The number of ether oxygens (including phenoxy) is 1. The summed E-state index contributed by atoms with van der Waals surface area (Å²) in [6.07, 6.45) is 3.27. The third-order valence-electron chi connectivity index (χ3n) is 5.77. The van der Waals surface area contributed by atoms with E-state index >= 15 is 0 Å². The number of fused-ring (bicyclic) bond motifs is 1. The number of nitrogens with zero attached hydrogens (tertiary/aromatic N) is 5.